The average Bonchev–Trinajstić information content (AvgIpc) is 3.11. The van der Waals surface area contributed by atoms with E-state index in [0.29, 0.717) is 0 Å². The number of amides is 1. The number of aliphatic imine (C=N–C) groups is 1. The van der Waals surface area contributed by atoms with E-state index < -0.39 is 34.6 Å². The molecule has 0 spiro atoms. The molecule has 13 heteroatoms. The number of halogens is 5. The lowest BCUT2D eigenvalue weighted by molar-refractivity contribution is -0.144. The Kier molecular flexibility index (Phi) is 7.08. The number of rotatable bonds is 4. The zero-order chi connectivity index (χ0) is 27.2. The highest BCUT2D eigenvalue weighted by atomic mass is 35.5. The Bertz CT molecular complexity index is 1560. The van der Waals surface area contributed by atoms with Crippen molar-refractivity contribution in [2.45, 2.75) is 26.6 Å². The third-order valence-corrected chi connectivity index (χ3v) is 6.83. The topological polar surface area (TPSA) is 76.7 Å². The number of nitrogens with zero attached hydrogens (tertiary/aromatic N) is 4. The number of carbonyl (C=O) groups is 1. The second-order valence-electron chi connectivity index (χ2n) is 8.46. The maximum absolute atomic E-state index is 14.8. The first-order valence-electron chi connectivity index (χ1n) is 10.7. The third-order valence-electron chi connectivity index (χ3n) is 5.56. The molecule has 1 saturated heterocycles. The maximum Gasteiger partial charge on any atom is 0.431 e. The second kappa shape index (κ2) is 9.82. The summed E-state index contributed by atoms with van der Waals surface area (Å²) in [5, 5.41) is 0.0770. The van der Waals surface area contributed by atoms with E-state index in [-0.39, 0.29) is 49.3 Å². The highest BCUT2D eigenvalue weighted by Gasteiger charge is 2.35. The van der Waals surface area contributed by atoms with Crippen LogP contribution in [0.5, 0.6) is 0 Å². The maximum atomic E-state index is 14.8. The minimum Gasteiger partial charge on any atom is -0.292 e. The number of carbonyl (C=O) groups excluding carboxylic acids is 1. The van der Waals surface area contributed by atoms with Gasteiger partial charge in [-0.05, 0) is 31.5 Å². The molecule has 0 atom stereocenters. The van der Waals surface area contributed by atoms with Crippen LogP contribution >= 0.6 is 23.4 Å². The van der Waals surface area contributed by atoms with Crippen molar-refractivity contribution in [1.29, 1.82) is 0 Å². The summed E-state index contributed by atoms with van der Waals surface area (Å²) in [5.41, 5.74) is -2.06. The summed E-state index contributed by atoms with van der Waals surface area (Å²) in [6.07, 6.45) is -4.96. The van der Waals surface area contributed by atoms with Gasteiger partial charge >= 0.3 is 11.9 Å². The predicted molar refractivity (Wildman–Crippen MR) is 133 cm³/mol. The molecular weight excluding hydrogens is 536 g/mol. The van der Waals surface area contributed by atoms with Crippen LogP contribution in [-0.4, -0.2) is 30.9 Å². The number of aromatic nitrogens is 2. The zero-order valence-corrected chi connectivity index (χ0v) is 21.3. The van der Waals surface area contributed by atoms with E-state index in [4.69, 9.17) is 11.6 Å². The van der Waals surface area contributed by atoms with E-state index in [1.165, 1.54) is 4.90 Å². The Hall–Kier alpha value is -3.38. The molecule has 37 heavy (non-hydrogen) atoms. The van der Waals surface area contributed by atoms with E-state index in [1.807, 2.05) is 32.0 Å². The molecule has 1 aliphatic rings. The molecule has 7 nitrogen and oxygen atoms in total. The number of amidine groups is 1. The highest BCUT2D eigenvalue weighted by Crippen LogP contribution is 2.33. The standard InChI is InChI=1S/C24H19ClF4N4O3S/c1-12-4-13(2)6-14(5-12)10-32-21(35)11-37-22(32)30-17-8-18(16(26)7-15(17)25)33-20(34)9-19(24(27,28)29)31(3)23(33)36/h4-9H,10-11H2,1-3H3/b30-22-. The smallest absolute Gasteiger partial charge is 0.292 e. The number of alkyl halides is 3. The van der Waals surface area contributed by atoms with Crippen molar-refractivity contribution in [2.75, 3.05) is 5.75 Å². The van der Waals surface area contributed by atoms with Gasteiger partial charge in [-0.25, -0.2) is 18.7 Å². The van der Waals surface area contributed by atoms with E-state index >= 15 is 0 Å². The molecular formula is C24H19ClF4N4O3S. The summed E-state index contributed by atoms with van der Waals surface area (Å²) in [4.78, 5) is 43.5. The molecule has 0 bridgehead atoms. The molecule has 0 aliphatic carbocycles. The molecule has 1 aliphatic heterocycles. The fourth-order valence-corrected chi connectivity index (χ4v) is 5.07. The van der Waals surface area contributed by atoms with Crippen molar-refractivity contribution in [2.24, 2.45) is 12.0 Å². The molecule has 4 rings (SSSR count). The molecule has 0 N–H and O–H groups in total. The van der Waals surface area contributed by atoms with Crippen molar-refractivity contribution >= 4 is 40.1 Å². The van der Waals surface area contributed by atoms with Gasteiger partial charge in [-0.3, -0.25) is 19.1 Å². The van der Waals surface area contributed by atoms with E-state index in [0.717, 1.165) is 47.6 Å². The summed E-state index contributed by atoms with van der Waals surface area (Å²) < 4.78 is 54.9. The quantitative estimate of drug-likeness (QED) is 0.437. The van der Waals surface area contributed by atoms with Crippen LogP contribution in [0.2, 0.25) is 5.02 Å². The van der Waals surface area contributed by atoms with Gasteiger partial charge in [0.2, 0.25) is 5.91 Å². The van der Waals surface area contributed by atoms with Gasteiger partial charge < -0.3 is 0 Å². The van der Waals surface area contributed by atoms with Crippen molar-refractivity contribution in [3.63, 3.8) is 0 Å². The first-order valence-corrected chi connectivity index (χ1v) is 12.1. The first kappa shape index (κ1) is 26.7. The minimum absolute atomic E-state index is 0.0745. The van der Waals surface area contributed by atoms with Gasteiger partial charge in [0, 0.05) is 13.1 Å². The largest absolute Gasteiger partial charge is 0.431 e. The predicted octanol–water partition coefficient (Wildman–Crippen LogP) is 4.73. The van der Waals surface area contributed by atoms with E-state index in [2.05, 4.69) is 4.99 Å². The fourth-order valence-electron chi connectivity index (χ4n) is 3.99. The molecule has 2 heterocycles. The number of benzene rings is 2. The molecule has 0 radical (unpaired) electrons. The van der Waals surface area contributed by atoms with E-state index in [1.54, 1.807) is 0 Å². The Morgan fingerprint density at radius 2 is 1.68 bits per heavy atom. The average molecular weight is 555 g/mol. The highest BCUT2D eigenvalue weighted by molar-refractivity contribution is 8.15. The number of hydrogen-bond acceptors (Lipinski definition) is 5. The Labute approximate surface area is 217 Å². The fraction of sp³-hybridized carbons (Fsp3) is 0.250. The van der Waals surface area contributed by atoms with Gasteiger partial charge in [0.15, 0.2) is 5.17 Å². The van der Waals surface area contributed by atoms with Gasteiger partial charge in [0.05, 0.1) is 28.7 Å². The lowest BCUT2D eigenvalue weighted by atomic mass is 10.1. The number of hydrogen-bond donors (Lipinski definition) is 0. The van der Waals surface area contributed by atoms with Crippen LogP contribution < -0.4 is 11.2 Å². The van der Waals surface area contributed by atoms with E-state index in [9.17, 15) is 31.9 Å². The molecule has 1 amide bonds. The molecule has 194 valence electrons. The Morgan fingerprint density at radius 1 is 1.03 bits per heavy atom. The monoisotopic (exact) mass is 554 g/mol. The zero-order valence-electron chi connectivity index (χ0n) is 19.7. The van der Waals surface area contributed by atoms with Gasteiger partial charge in [-0.15, -0.1) is 0 Å². The summed E-state index contributed by atoms with van der Waals surface area (Å²) in [6.45, 7) is 4.08. The summed E-state index contributed by atoms with van der Waals surface area (Å²) in [5.74, 6) is -1.22. The SMILES string of the molecule is Cc1cc(C)cc(CN2C(=O)CS/C2=N\c2cc(-n3c(=O)cc(C(F)(F)F)n(C)c3=O)c(F)cc2Cl)c1. The Morgan fingerprint density at radius 3 is 2.30 bits per heavy atom. The number of thioether (sulfide) groups is 1. The molecule has 1 aromatic heterocycles. The lowest BCUT2D eigenvalue weighted by Gasteiger charge is -2.18. The van der Waals surface area contributed by atoms with Gasteiger partial charge in [0.25, 0.3) is 5.56 Å². The van der Waals surface area contributed by atoms with Crippen molar-refractivity contribution < 1.29 is 22.4 Å². The lowest BCUT2D eigenvalue weighted by Crippen LogP contribution is -2.41. The Balaban J connectivity index is 1.80. The second-order valence-corrected chi connectivity index (χ2v) is 9.81. The first-order chi connectivity index (χ1) is 17.3. The summed E-state index contributed by atoms with van der Waals surface area (Å²) >= 11 is 7.29. The van der Waals surface area contributed by atoms with Crippen LogP contribution in [0.3, 0.4) is 0 Å². The van der Waals surface area contributed by atoms with Crippen molar-refractivity contribution in [1.82, 2.24) is 14.0 Å². The van der Waals surface area contributed by atoms with Gasteiger partial charge in [-0.2, -0.15) is 13.2 Å². The number of aryl methyl sites for hydroxylation is 2. The summed E-state index contributed by atoms with van der Waals surface area (Å²) in [6, 6.07) is 7.84. The minimum atomic E-state index is -4.96. The van der Waals surface area contributed by atoms with Crippen molar-refractivity contribution in [3.8, 4) is 5.69 Å². The molecule has 3 aromatic rings. The van der Waals surface area contributed by atoms with Gasteiger partial charge in [-0.1, -0.05) is 52.7 Å². The van der Waals surface area contributed by atoms with Crippen LogP contribution in [0, 0.1) is 19.7 Å². The van der Waals surface area contributed by atoms with Crippen LogP contribution in [-0.2, 0) is 24.6 Å². The molecule has 0 unspecified atom stereocenters. The normalized spacial score (nSPS) is 15.2. The van der Waals surface area contributed by atoms with Crippen LogP contribution in [0.15, 0.2) is 51.0 Å². The van der Waals surface area contributed by atoms with Crippen LogP contribution in [0.25, 0.3) is 5.69 Å². The molecule has 1 fully saturated rings. The molecule has 0 saturated carbocycles. The van der Waals surface area contributed by atoms with Crippen LogP contribution in [0.1, 0.15) is 22.4 Å². The summed E-state index contributed by atoms with van der Waals surface area (Å²) in [7, 11) is 0.821. The van der Waals surface area contributed by atoms with Crippen LogP contribution in [0.4, 0.5) is 23.2 Å². The third kappa shape index (κ3) is 5.35. The molecule has 2 aromatic carbocycles. The van der Waals surface area contributed by atoms with Gasteiger partial charge in [0.1, 0.15) is 11.5 Å². The van der Waals surface area contributed by atoms with Crippen molar-refractivity contribution in [3.05, 3.63) is 90.5 Å².